The van der Waals surface area contributed by atoms with Gasteiger partial charge in [-0.15, -0.1) is 0 Å². The molecule has 0 spiro atoms. The van der Waals surface area contributed by atoms with Crippen molar-refractivity contribution < 1.29 is 14.4 Å². The molecule has 0 bridgehead atoms. The minimum Gasteiger partial charge on any atom is -0.341 e. The molecule has 0 aliphatic rings. The number of rotatable bonds is 10. The number of amidine groups is 1. The molecule has 9 nitrogen and oxygen atoms in total. The Labute approximate surface area is 190 Å². The standard InChI is InChI=1S/C22H26N6O3S/c1-28(22(31)19(32-15-29)14-16-6-3-2-4-7-16)13-5-8-20(30)25-18-11-9-17(10-12-18)21(26-23)27-24/h2-4,6-7,9-12,14-15H,5,8,13,23-24H2,1H3,(H,25,30)(H,26,27)/b19-14-. The van der Waals surface area contributed by atoms with E-state index in [2.05, 4.69) is 15.8 Å². The number of amides is 2. The molecular weight excluding hydrogens is 428 g/mol. The predicted molar refractivity (Wildman–Crippen MR) is 129 cm³/mol. The zero-order valence-electron chi connectivity index (χ0n) is 17.7. The average Bonchev–Trinajstić information content (AvgIpc) is 2.80. The third-order valence-corrected chi connectivity index (χ3v) is 5.08. The van der Waals surface area contributed by atoms with Gasteiger partial charge in [-0.1, -0.05) is 30.3 Å². The fourth-order valence-corrected chi connectivity index (χ4v) is 3.36. The van der Waals surface area contributed by atoms with E-state index in [1.54, 1.807) is 37.4 Å². The number of anilines is 1. The van der Waals surface area contributed by atoms with Crippen LogP contribution in [0.4, 0.5) is 5.69 Å². The molecule has 0 unspecified atom stereocenters. The third-order valence-electron chi connectivity index (χ3n) is 4.44. The number of nitrogens with zero attached hydrogens (tertiary/aromatic N) is 2. The molecular formula is C22H26N6O3S. The molecule has 0 aliphatic heterocycles. The lowest BCUT2D eigenvalue weighted by Gasteiger charge is -2.18. The number of carbonyl (C=O) groups is 3. The van der Waals surface area contributed by atoms with E-state index in [0.717, 1.165) is 17.3 Å². The van der Waals surface area contributed by atoms with Gasteiger partial charge in [-0.3, -0.25) is 14.4 Å². The Morgan fingerprint density at radius 2 is 1.81 bits per heavy atom. The molecule has 0 saturated heterocycles. The van der Waals surface area contributed by atoms with E-state index in [-0.39, 0.29) is 18.2 Å². The van der Waals surface area contributed by atoms with E-state index in [9.17, 15) is 14.4 Å². The first-order chi connectivity index (χ1) is 15.5. The molecule has 2 aromatic carbocycles. The lowest BCUT2D eigenvalue weighted by molar-refractivity contribution is -0.125. The number of hydrazine groups is 1. The topological polar surface area (TPSA) is 143 Å². The van der Waals surface area contributed by atoms with Crippen LogP contribution in [0.3, 0.4) is 0 Å². The summed E-state index contributed by atoms with van der Waals surface area (Å²) in [5, 5.41) is 6.32. The molecule has 10 heteroatoms. The second kappa shape index (κ2) is 12.9. The highest BCUT2D eigenvalue weighted by Crippen LogP contribution is 2.19. The zero-order valence-corrected chi connectivity index (χ0v) is 18.5. The Morgan fingerprint density at radius 3 is 2.41 bits per heavy atom. The zero-order chi connectivity index (χ0) is 23.3. The minimum atomic E-state index is -0.271. The summed E-state index contributed by atoms with van der Waals surface area (Å²) in [7, 11) is 1.64. The van der Waals surface area contributed by atoms with Crippen LogP contribution in [-0.2, 0) is 14.4 Å². The van der Waals surface area contributed by atoms with Gasteiger partial charge in [-0.2, -0.15) is 5.10 Å². The van der Waals surface area contributed by atoms with Crippen molar-refractivity contribution in [2.45, 2.75) is 12.8 Å². The summed E-state index contributed by atoms with van der Waals surface area (Å²) in [6, 6.07) is 16.2. The van der Waals surface area contributed by atoms with Crippen molar-refractivity contribution in [2.75, 3.05) is 18.9 Å². The summed E-state index contributed by atoms with van der Waals surface area (Å²) in [5.74, 6) is 10.4. The van der Waals surface area contributed by atoms with Crippen molar-refractivity contribution >= 4 is 46.8 Å². The van der Waals surface area contributed by atoms with Crippen LogP contribution < -0.4 is 22.4 Å². The van der Waals surface area contributed by atoms with Gasteiger partial charge in [0.2, 0.25) is 5.91 Å². The van der Waals surface area contributed by atoms with Crippen molar-refractivity contribution in [2.24, 2.45) is 16.8 Å². The molecule has 32 heavy (non-hydrogen) atoms. The lowest BCUT2D eigenvalue weighted by atomic mass is 10.2. The minimum absolute atomic E-state index is 0.175. The van der Waals surface area contributed by atoms with Crippen molar-refractivity contribution in [3.63, 3.8) is 0 Å². The van der Waals surface area contributed by atoms with Crippen molar-refractivity contribution in [1.82, 2.24) is 10.3 Å². The van der Waals surface area contributed by atoms with Crippen molar-refractivity contribution in [1.29, 1.82) is 0 Å². The predicted octanol–water partition coefficient (Wildman–Crippen LogP) is 1.91. The SMILES string of the molecule is CN(CCCC(=O)Nc1ccc(/C(=N/N)NN)cc1)C(=O)/C(=C/c1ccccc1)SC=O. The van der Waals surface area contributed by atoms with Crippen LogP contribution in [0.25, 0.3) is 6.08 Å². The highest BCUT2D eigenvalue weighted by atomic mass is 32.2. The number of hydrogen-bond donors (Lipinski definition) is 4. The highest BCUT2D eigenvalue weighted by molar-refractivity contribution is 8.16. The van der Waals surface area contributed by atoms with Crippen LogP contribution >= 0.6 is 11.8 Å². The summed E-state index contributed by atoms with van der Waals surface area (Å²) in [6.07, 6.45) is 2.38. The number of benzene rings is 2. The molecule has 6 N–H and O–H groups in total. The molecule has 0 saturated carbocycles. The third kappa shape index (κ3) is 7.56. The van der Waals surface area contributed by atoms with E-state index >= 15 is 0 Å². The molecule has 0 heterocycles. The molecule has 0 aromatic heterocycles. The van der Waals surface area contributed by atoms with E-state index in [0.29, 0.717) is 40.6 Å². The Bertz CT molecular complexity index is 977. The van der Waals surface area contributed by atoms with Crippen LogP contribution in [0.1, 0.15) is 24.0 Å². The Hall–Kier alpha value is -3.63. The van der Waals surface area contributed by atoms with E-state index in [1.807, 2.05) is 30.3 Å². The molecule has 0 atom stereocenters. The maximum absolute atomic E-state index is 12.7. The number of nitrogens with two attached hydrogens (primary N) is 2. The smallest absolute Gasteiger partial charge is 0.260 e. The summed E-state index contributed by atoms with van der Waals surface area (Å²) in [4.78, 5) is 37.7. The Kier molecular flexibility index (Phi) is 9.95. The van der Waals surface area contributed by atoms with Gasteiger partial charge in [0.15, 0.2) is 11.5 Å². The Balaban J connectivity index is 1.86. The van der Waals surface area contributed by atoms with Crippen LogP contribution in [0.2, 0.25) is 0 Å². The van der Waals surface area contributed by atoms with Gasteiger partial charge in [0.05, 0.1) is 4.91 Å². The number of hydrazone groups is 1. The first-order valence-corrected chi connectivity index (χ1v) is 10.6. The first kappa shape index (κ1) is 24.6. The van der Waals surface area contributed by atoms with Crippen LogP contribution in [0.5, 0.6) is 0 Å². The van der Waals surface area contributed by atoms with Gasteiger partial charge in [0.25, 0.3) is 5.91 Å². The molecule has 2 aromatic rings. The fraction of sp³-hybridized carbons (Fsp3) is 0.182. The highest BCUT2D eigenvalue weighted by Gasteiger charge is 2.16. The van der Waals surface area contributed by atoms with Crippen molar-refractivity contribution in [3.05, 3.63) is 70.6 Å². The summed E-state index contributed by atoms with van der Waals surface area (Å²) in [6.45, 7) is 0.370. The van der Waals surface area contributed by atoms with Gasteiger partial charge in [-0.05, 0) is 54.1 Å². The van der Waals surface area contributed by atoms with Gasteiger partial charge in [0.1, 0.15) is 0 Å². The van der Waals surface area contributed by atoms with Gasteiger partial charge >= 0.3 is 0 Å². The molecule has 2 rings (SSSR count). The number of nitrogens with one attached hydrogen (secondary N) is 2. The van der Waals surface area contributed by atoms with Gasteiger partial charge < -0.3 is 21.5 Å². The quantitative estimate of drug-likeness (QED) is 0.107. The molecule has 168 valence electrons. The molecule has 2 amide bonds. The number of thioether (sulfide) groups is 1. The molecule has 0 radical (unpaired) electrons. The number of likely N-dealkylation sites (N-methyl/N-ethyl adjacent to an activating group) is 1. The van der Waals surface area contributed by atoms with Crippen LogP contribution in [-0.4, -0.2) is 41.8 Å². The average molecular weight is 455 g/mol. The summed E-state index contributed by atoms with van der Waals surface area (Å²) < 4.78 is 0. The maximum atomic E-state index is 12.7. The normalized spacial score (nSPS) is 11.6. The fourth-order valence-electron chi connectivity index (χ4n) is 2.80. The second-order valence-electron chi connectivity index (χ2n) is 6.71. The van der Waals surface area contributed by atoms with E-state index < -0.39 is 0 Å². The van der Waals surface area contributed by atoms with Crippen LogP contribution in [0, 0.1) is 0 Å². The van der Waals surface area contributed by atoms with Gasteiger partial charge in [0, 0.05) is 31.3 Å². The van der Waals surface area contributed by atoms with E-state index in [4.69, 9.17) is 11.7 Å². The maximum Gasteiger partial charge on any atom is 0.260 e. The lowest BCUT2D eigenvalue weighted by Crippen LogP contribution is -2.32. The summed E-state index contributed by atoms with van der Waals surface area (Å²) in [5.41, 5.74) is 5.14. The number of carbonyl (C=O) groups excluding carboxylic acids is 3. The van der Waals surface area contributed by atoms with Crippen molar-refractivity contribution in [3.8, 4) is 0 Å². The largest absolute Gasteiger partial charge is 0.341 e. The van der Waals surface area contributed by atoms with Crippen LogP contribution in [0.15, 0.2) is 64.6 Å². The first-order valence-electron chi connectivity index (χ1n) is 9.75. The number of hydrogen-bond acceptors (Lipinski definition) is 7. The van der Waals surface area contributed by atoms with E-state index in [1.165, 1.54) is 4.90 Å². The monoisotopic (exact) mass is 454 g/mol. The molecule has 0 aliphatic carbocycles. The van der Waals surface area contributed by atoms with Gasteiger partial charge in [-0.25, -0.2) is 5.84 Å². The second-order valence-corrected chi connectivity index (χ2v) is 7.58. The molecule has 0 fully saturated rings. The summed E-state index contributed by atoms with van der Waals surface area (Å²) >= 11 is 0.837. The Morgan fingerprint density at radius 1 is 1.12 bits per heavy atom.